The molecule has 4 rings (SSSR count). The molecule has 2 heterocycles. The normalized spacial score (nSPS) is 12.6. The van der Waals surface area contributed by atoms with Crippen molar-refractivity contribution >= 4 is 16.8 Å². The van der Waals surface area contributed by atoms with Crippen molar-refractivity contribution in [1.82, 2.24) is 9.88 Å². The molecule has 1 amide bonds. The molecule has 0 unspecified atom stereocenters. The molecule has 25 heavy (non-hydrogen) atoms. The van der Waals surface area contributed by atoms with E-state index in [-0.39, 0.29) is 12.7 Å². The lowest BCUT2D eigenvalue weighted by molar-refractivity contribution is 0.0747. The van der Waals surface area contributed by atoms with Crippen LogP contribution in [0.1, 0.15) is 28.5 Å². The number of aryl methyl sites for hydroxylation is 1. The highest BCUT2D eigenvalue weighted by molar-refractivity contribution is 5.98. The van der Waals surface area contributed by atoms with E-state index in [0.29, 0.717) is 18.8 Å². The first-order valence-electron chi connectivity index (χ1n) is 8.41. The molecule has 128 valence electrons. The second kappa shape index (κ2) is 6.16. The van der Waals surface area contributed by atoms with Crippen LogP contribution in [-0.4, -0.2) is 29.1 Å². The van der Waals surface area contributed by atoms with Gasteiger partial charge in [0.25, 0.3) is 5.91 Å². The molecular formula is C20H20N2O3. The predicted molar refractivity (Wildman–Crippen MR) is 96.0 cm³/mol. The molecule has 0 bridgehead atoms. The largest absolute Gasteiger partial charge is 0.454 e. The molecule has 1 aliphatic rings. The van der Waals surface area contributed by atoms with E-state index in [2.05, 4.69) is 17.1 Å². The molecule has 0 saturated heterocycles. The van der Waals surface area contributed by atoms with Gasteiger partial charge in [-0.3, -0.25) is 4.79 Å². The van der Waals surface area contributed by atoms with E-state index in [0.717, 1.165) is 28.0 Å². The Morgan fingerprint density at radius 1 is 1.12 bits per heavy atom. The highest BCUT2D eigenvalue weighted by Crippen LogP contribution is 2.33. The minimum absolute atomic E-state index is 0.00554. The van der Waals surface area contributed by atoms with E-state index in [9.17, 15) is 4.79 Å². The number of carbonyl (C=O) groups excluding carboxylic acids is 1. The van der Waals surface area contributed by atoms with Crippen LogP contribution in [0.15, 0.2) is 42.5 Å². The molecular weight excluding hydrogens is 316 g/mol. The number of nitrogens with zero attached hydrogens (tertiary/aromatic N) is 1. The molecule has 1 aliphatic heterocycles. The van der Waals surface area contributed by atoms with Gasteiger partial charge in [0, 0.05) is 24.0 Å². The molecule has 0 aliphatic carbocycles. The summed E-state index contributed by atoms with van der Waals surface area (Å²) in [6.07, 6.45) is 0. The van der Waals surface area contributed by atoms with Gasteiger partial charge in [0.15, 0.2) is 11.5 Å². The predicted octanol–water partition coefficient (Wildman–Crippen LogP) is 3.87. The number of H-pyrrole nitrogens is 1. The minimum atomic E-state index is -0.00554. The zero-order valence-electron chi connectivity index (χ0n) is 14.3. The maximum atomic E-state index is 12.9. The summed E-state index contributed by atoms with van der Waals surface area (Å²) >= 11 is 0. The topological polar surface area (TPSA) is 54.6 Å². The van der Waals surface area contributed by atoms with Crippen LogP contribution >= 0.6 is 0 Å². The first-order chi connectivity index (χ1) is 12.1. The summed E-state index contributed by atoms with van der Waals surface area (Å²) in [6.45, 7) is 5.43. The molecule has 1 aromatic heterocycles. The molecule has 2 aromatic carbocycles. The number of hydrogen-bond donors (Lipinski definition) is 1. The van der Waals surface area contributed by atoms with E-state index >= 15 is 0 Å². The summed E-state index contributed by atoms with van der Waals surface area (Å²) in [5.41, 5.74) is 3.79. The van der Waals surface area contributed by atoms with Crippen molar-refractivity contribution in [3.63, 3.8) is 0 Å². The van der Waals surface area contributed by atoms with Crippen molar-refractivity contribution < 1.29 is 14.3 Å². The Kier molecular flexibility index (Phi) is 3.84. The van der Waals surface area contributed by atoms with Crippen LogP contribution in [0.5, 0.6) is 11.5 Å². The number of carbonyl (C=O) groups is 1. The van der Waals surface area contributed by atoms with Crippen LogP contribution in [0.3, 0.4) is 0 Å². The lowest BCUT2D eigenvalue weighted by Gasteiger charge is -2.20. The number of fused-ring (bicyclic) bond motifs is 2. The van der Waals surface area contributed by atoms with Crippen molar-refractivity contribution in [2.45, 2.75) is 20.4 Å². The SMILES string of the molecule is CCN(Cc1ccc2c(c1)OCO2)C(=O)c1cc2ccc(C)cc2[nH]1. The lowest BCUT2D eigenvalue weighted by atomic mass is 10.1. The van der Waals surface area contributed by atoms with Crippen LogP contribution in [0.2, 0.25) is 0 Å². The molecule has 0 fully saturated rings. The standard InChI is InChI=1S/C20H20N2O3/c1-3-22(11-14-5-7-18-19(9-14)25-12-24-18)20(23)17-10-15-6-4-13(2)8-16(15)21-17/h4-10,21H,3,11-12H2,1-2H3. The van der Waals surface area contributed by atoms with Crippen molar-refractivity contribution in [3.05, 3.63) is 59.3 Å². The van der Waals surface area contributed by atoms with Crippen molar-refractivity contribution in [2.24, 2.45) is 0 Å². The third kappa shape index (κ3) is 2.93. The van der Waals surface area contributed by atoms with Crippen molar-refractivity contribution in [1.29, 1.82) is 0 Å². The van der Waals surface area contributed by atoms with Gasteiger partial charge in [-0.1, -0.05) is 18.2 Å². The quantitative estimate of drug-likeness (QED) is 0.787. The molecule has 5 nitrogen and oxygen atoms in total. The van der Waals surface area contributed by atoms with Gasteiger partial charge in [-0.25, -0.2) is 0 Å². The van der Waals surface area contributed by atoms with Crippen LogP contribution in [-0.2, 0) is 6.54 Å². The first-order valence-corrected chi connectivity index (χ1v) is 8.41. The van der Waals surface area contributed by atoms with E-state index < -0.39 is 0 Å². The number of amides is 1. The second-order valence-electron chi connectivity index (χ2n) is 6.28. The van der Waals surface area contributed by atoms with Gasteiger partial charge >= 0.3 is 0 Å². The van der Waals surface area contributed by atoms with Crippen LogP contribution in [0.4, 0.5) is 0 Å². The average Bonchev–Trinajstić information content (AvgIpc) is 3.24. The van der Waals surface area contributed by atoms with Crippen molar-refractivity contribution in [3.8, 4) is 11.5 Å². The molecule has 0 saturated carbocycles. The molecule has 0 radical (unpaired) electrons. The zero-order chi connectivity index (χ0) is 17.4. The Balaban J connectivity index is 1.57. The van der Waals surface area contributed by atoms with Crippen LogP contribution < -0.4 is 9.47 Å². The highest BCUT2D eigenvalue weighted by atomic mass is 16.7. The van der Waals surface area contributed by atoms with Crippen LogP contribution in [0, 0.1) is 6.92 Å². The number of ether oxygens (including phenoxy) is 2. The third-order valence-electron chi connectivity index (χ3n) is 4.49. The number of hydrogen-bond acceptors (Lipinski definition) is 3. The Labute approximate surface area is 146 Å². The fourth-order valence-corrected chi connectivity index (χ4v) is 3.11. The summed E-state index contributed by atoms with van der Waals surface area (Å²) in [5, 5.41) is 1.05. The molecule has 1 N–H and O–H groups in total. The van der Waals surface area contributed by atoms with E-state index in [1.54, 1.807) is 0 Å². The molecule has 3 aromatic rings. The molecule has 0 atom stereocenters. The van der Waals surface area contributed by atoms with Gasteiger partial charge < -0.3 is 19.4 Å². The number of aromatic amines is 1. The number of aromatic nitrogens is 1. The lowest BCUT2D eigenvalue weighted by Crippen LogP contribution is -2.30. The van der Waals surface area contributed by atoms with Gasteiger partial charge in [-0.2, -0.15) is 0 Å². The third-order valence-corrected chi connectivity index (χ3v) is 4.49. The summed E-state index contributed by atoms with van der Waals surface area (Å²) in [4.78, 5) is 18.0. The maximum absolute atomic E-state index is 12.9. The smallest absolute Gasteiger partial charge is 0.270 e. The van der Waals surface area contributed by atoms with E-state index in [1.165, 1.54) is 5.56 Å². The molecule has 5 heteroatoms. The number of benzene rings is 2. The molecule has 0 spiro atoms. The summed E-state index contributed by atoms with van der Waals surface area (Å²) in [7, 11) is 0. The first kappa shape index (κ1) is 15.6. The summed E-state index contributed by atoms with van der Waals surface area (Å²) in [6, 6.07) is 13.9. The van der Waals surface area contributed by atoms with E-state index in [1.807, 2.05) is 49.1 Å². The summed E-state index contributed by atoms with van der Waals surface area (Å²) in [5.74, 6) is 1.49. The Morgan fingerprint density at radius 2 is 1.96 bits per heavy atom. The van der Waals surface area contributed by atoms with Crippen molar-refractivity contribution in [2.75, 3.05) is 13.3 Å². The number of rotatable bonds is 4. The summed E-state index contributed by atoms with van der Waals surface area (Å²) < 4.78 is 10.8. The highest BCUT2D eigenvalue weighted by Gasteiger charge is 2.19. The Morgan fingerprint density at radius 3 is 2.80 bits per heavy atom. The van der Waals surface area contributed by atoms with Gasteiger partial charge in [-0.15, -0.1) is 0 Å². The van der Waals surface area contributed by atoms with E-state index in [4.69, 9.17) is 9.47 Å². The second-order valence-corrected chi connectivity index (χ2v) is 6.28. The fraction of sp³-hybridized carbons (Fsp3) is 0.250. The Hall–Kier alpha value is -2.95. The van der Waals surface area contributed by atoms with Crippen LogP contribution in [0.25, 0.3) is 10.9 Å². The minimum Gasteiger partial charge on any atom is -0.454 e. The van der Waals surface area contributed by atoms with Gasteiger partial charge in [0.1, 0.15) is 5.69 Å². The van der Waals surface area contributed by atoms with Gasteiger partial charge in [0.05, 0.1) is 0 Å². The Bertz CT molecular complexity index is 945. The maximum Gasteiger partial charge on any atom is 0.270 e. The monoisotopic (exact) mass is 336 g/mol. The van der Waals surface area contributed by atoms with Gasteiger partial charge in [0.2, 0.25) is 6.79 Å². The average molecular weight is 336 g/mol. The number of nitrogens with one attached hydrogen (secondary N) is 1. The fourth-order valence-electron chi connectivity index (χ4n) is 3.11. The zero-order valence-corrected chi connectivity index (χ0v) is 14.3. The van der Waals surface area contributed by atoms with Gasteiger partial charge in [-0.05, 0) is 49.2 Å².